The highest BCUT2D eigenvalue weighted by Crippen LogP contribution is 2.47. The first-order valence-electron chi connectivity index (χ1n) is 9.89. The van der Waals surface area contributed by atoms with Crippen molar-refractivity contribution >= 4 is 34.0 Å². The number of anilines is 1. The predicted molar refractivity (Wildman–Crippen MR) is 120 cm³/mol. The van der Waals surface area contributed by atoms with E-state index in [1.807, 2.05) is 67.5 Å². The summed E-state index contributed by atoms with van der Waals surface area (Å²) in [5.41, 5.74) is 3.54. The number of nitrogens with zero attached hydrogens (tertiary/aromatic N) is 1. The van der Waals surface area contributed by atoms with Crippen molar-refractivity contribution in [1.29, 1.82) is 0 Å². The monoisotopic (exact) mass is 417 g/mol. The van der Waals surface area contributed by atoms with Crippen LogP contribution in [0.1, 0.15) is 28.4 Å². The molecule has 0 radical (unpaired) electrons. The summed E-state index contributed by atoms with van der Waals surface area (Å²) in [7, 11) is 5.26. The molecule has 6 heteroatoms. The van der Waals surface area contributed by atoms with E-state index in [0.717, 1.165) is 22.2 Å². The molecule has 1 heterocycles. The third-order valence-electron chi connectivity index (χ3n) is 5.23. The van der Waals surface area contributed by atoms with E-state index in [-0.39, 0.29) is 11.3 Å². The number of carbonyl (C=O) groups excluding carboxylic acids is 2. The normalized spacial score (nSPS) is 12.5. The minimum atomic E-state index is -0.598. The molecule has 0 aromatic heterocycles. The van der Waals surface area contributed by atoms with Gasteiger partial charge in [-0.1, -0.05) is 36.4 Å². The number of hydrogen-bond acceptors (Lipinski definition) is 6. The topological polar surface area (TPSA) is 65.1 Å². The molecule has 158 valence electrons. The average molecular weight is 417 g/mol. The highest BCUT2D eigenvalue weighted by Gasteiger charge is 2.31. The Kier molecular flexibility index (Phi) is 5.38. The third kappa shape index (κ3) is 3.61. The van der Waals surface area contributed by atoms with Crippen molar-refractivity contribution in [3.8, 4) is 11.5 Å². The van der Waals surface area contributed by atoms with E-state index >= 15 is 0 Å². The van der Waals surface area contributed by atoms with Crippen molar-refractivity contribution in [3.63, 3.8) is 0 Å². The summed E-state index contributed by atoms with van der Waals surface area (Å²) in [6.45, 7) is 1.66. The lowest BCUT2D eigenvalue weighted by Crippen LogP contribution is -2.16. The smallest absolute Gasteiger partial charge is 0.342 e. The zero-order valence-electron chi connectivity index (χ0n) is 17.9. The van der Waals surface area contributed by atoms with Crippen LogP contribution in [0.2, 0.25) is 0 Å². The van der Waals surface area contributed by atoms with Gasteiger partial charge in [0.2, 0.25) is 0 Å². The van der Waals surface area contributed by atoms with Gasteiger partial charge in [-0.25, -0.2) is 4.79 Å². The lowest BCUT2D eigenvalue weighted by Gasteiger charge is -2.25. The first-order valence-corrected chi connectivity index (χ1v) is 9.89. The zero-order chi connectivity index (χ0) is 22.1. The molecule has 0 unspecified atom stereocenters. The maximum absolute atomic E-state index is 12.9. The number of hydrogen-bond donors (Lipinski definition) is 0. The van der Waals surface area contributed by atoms with Crippen LogP contribution in [0.15, 0.2) is 54.6 Å². The third-order valence-corrected chi connectivity index (χ3v) is 5.23. The largest absolute Gasteiger partial charge is 0.488 e. The summed E-state index contributed by atoms with van der Waals surface area (Å²) in [4.78, 5) is 26.9. The molecule has 1 aliphatic rings. The molecule has 0 fully saturated rings. The fraction of sp³-hybridized carbons (Fsp3) is 0.200. The number of ether oxygens (including phenoxy) is 3. The van der Waals surface area contributed by atoms with Crippen LogP contribution in [-0.2, 0) is 9.53 Å². The van der Waals surface area contributed by atoms with Gasteiger partial charge in [0, 0.05) is 43.0 Å². The quantitative estimate of drug-likeness (QED) is 0.462. The van der Waals surface area contributed by atoms with E-state index in [1.165, 1.54) is 14.0 Å². The maximum Gasteiger partial charge on any atom is 0.342 e. The van der Waals surface area contributed by atoms with Crippen LogP contribution in [0.4, 0.5) is 5.69 Å². The second kappa shape index (κ2) is 8.14. The summed E-state index contributed by atoms with van der Waals surface area (Å²) >= 11 is 0. The molecule has 4 rings (SSSR count). The molecule has 31 heavy (non-hydrogen) atoms. The number of esters is 2. The molecular formula is C25H23NO5. The van der Waals surface area contributed by atoms with Crippen molar-refractivity contribution < 1.29 is 23.8 Å². The Morgan fingerprint density at radius 3 is 2.29 bits per heavy atom. The molecule has 0 aliphatic carbocycles. The Labute approximate surface area is 180 Å². The molecule has 0 saturated carbocycles. The van der Waals surface area contributed by atoms with Gasteiger partial charge in [-0.2, -0.15) is 0 Å². The Bertz CT molecular complexity index is 1210. The second-order valence-corrected chi connectivity index (χ2v) is 7.41. The van der Waals surface area contributed by atoms with Crippen molar-refractivity contribution in [1.82, 2.24) is 0 Å². The van der Waals surface area contributed by atoms with E-state index < -0.39 is 11.9 Å². The summed E-state index contributed by atoms with van der Waals surface area (Å²) in [6.07, 6.45) is 1.92. The lowest BCUT2D eigenvalue weighted by molar-refractivity contribution is -0.131. The molecule has 0 amide bonds. The highest BCUT2D eigenvalue weighted by molar-refractivity contribution is 6.12. The average Bonchev–Trinajstić information content (AvgIpc) is 2.78. The first-order chi connectivity index (χ1) is 14.9. The number of rotatable bonds is 4. The van der Waals surface area contributed by atoms with Gasteiger partial charge in [0.25, 0.3) is 0 Å². The van der Waals surface area contributed by atoms with E-state index in [2.05, 4.69) is 0 Å². The molecule has 0 saturated heterocycles. The van der Waals surface area contributed by atoms with Crippen LogP contribution in [0.5, 0.6) is 11.5 Å². The number of methoxy groups -OCH3 is 1. The van der Waals surface area contributed by atoms with Crippen LogP contribution in [0.3, 0.4) is 0 Å². The van der Waals surface area contributed by atoms with Gasteiger partial charge in [-0.3, -0.25) is 4.79 Å². The Morgan fingerprint density at radius 1 is 1.00 bits per heavy atom. The molecule has 1 aliphatic heterocycles. The maximum atomic E-state index is 12.9. The van der Waals surface area contributed by atoms with Gasteiger partial charge in [0.15, 0.2) is 5.75 Å². The lowest BCUT2D eigenvalue weighted by atomic mass is 9.88. The number of benzene rings is 3. The van der Waals surface area contributed by atoms with E-state index in [4.69, 9.17) is 14.2 Å². The fourth-order valence-corrected chi connectivity index (χ4v) is 3.84. The Morgan fingerprint density at radius 2 is 1.68 bits per heavy atom. The van der Waals surface area contributed by atoms with Crippen molar-refractivity contribution in [2.24, 2.45) is 0 Å². The second-order valence-electron chi connectivity index (χ2n) is 7.41. The van der Waals surface area contributed by atoms with Gasteiger partial charge in [-0.05, 0) is 29.3 Å². The molecule has 0 spiro atoms. The minimum Gasteiger partial charge on any atom is -0.488 e. The summed E-state index contributed by atoms with van der Waals surface area (Å²) in [5.74, 6) is -0.372. The van der Waals surface area contributed by atoms with E-state index in [0.29, 0.717) is 23.3 Å². The Balaban J connectivity index is 2.05. The summed E-state index contributed by atoms with van der Waals surface area (Å²) < 4.78 is 16.7. The van der Waals surface area contributed by atoms with Crippen LogP contribution in [0, 0.1) is 0 Å². The van der Waals surface area contributed by atoms with Crippen LogP contribution in [-0.4, -0.2) is 39.8 Å². The fourth-order valence-electron chi connectivity index (χ4n) is 3.84. The predicted octanol–water partition coefficient (Wildman–Crippen LogP) is 4.44. The summed E-state index contributed by atoms with van der Waals surface area (Å²) in [5, 5.41) is 1.37. The molecule has 6 nitrogen and oxygen atoms in total. The van der Waals surface area contributed by atoms with Gasteiger partial charge in [0.05, 0.1) is 7.11 Å². The number of fused-ring (bicyclic) bond motifs is 3. The standard InChI is InChI=1S/C25H23NO5/c1-15(27)31-24-20-8-6-5-7-19(20)23-21(22(24)25(28)29-4)18(13-14-30-23)16-9-11-17(12-10-16)26(2)3/h5-13H,14H2,1-4H3. The van der Waals surface area contributed by atoms with Gasteiger partial charge >= 0.3 is 11.9 Å². The minimum absolute atomic E-state index is 0.175. The zero-order valence-corrected chi connectivity index (χ0v) is 17.9. The molecule has 0 N–H and O–H groups in total. The van der Waals surface area contributed by atoms with E-state index in [1.54, 1.807) is 6.07 Å². The van der Waals surface area contributed by atoms with Crippen molar-refractivity contribution in [2.45, 2.75) is 6.92 Å². The molecular weight excluding hydrogens is 394 g/mol. The molecule has 0 atom stereocenters. The van der Waals surface area contributed by atoms with Crippen LogP contribution in [0.25, 0.3) is 16.3 Å². The first kappa shape index (κ1) is 20.5. The van der Waals surface area contributed by atoms with Gasteiger partial charge < -0.3 is 19.1 Å². The van der Waals surface area contributed by atoms with Crippen molar-refractivity contribution in [3.05, 3.63) is 71.3 Å². The SMILES string of the molecule is COC(=O)c1c2c(c3ccccc3c1OC(C)=O)OCC=C2c1ccc(N(C)C)cc1. The Hall–Kier alpha value is -3.80. The van der Waals surface area contributed by atoms with Gasteiger partial charge in [0.1, 0.15) is 17.9 Å². The highest BCUT2D eigenvalue weighted by atomic mass is 16.5. The van der Waals surface area contributed by atoms with Crippen molar-refractivity contribution in [2.75, 3.05) is 32.7 Å². The van der Waals surface area contributed by atoms with Gasteiger partial charge in [-0.15, -0.1) is 0 Å². The number of carbonyl (C=O) groups is 2. The molecule has 3 aromatic carbocycles. The van der Waals surface area contributed by atoms with Crippen LogP contribution >= 0.6 is 0 Å². The molecule has 0 bridgehead atoms. The van der Waals surface area contributed by atoms with Crippen LogP contribution < -0.4 is 14.4 Å². The van der Waals surface area contributed by atoms with E-state index in [9.17, 15) is 9.59 Å². The summed E-state index contributed by atoms with van der Waals surface area (Å²) in [6, 6.07) is 15.4. The molecule has 3 aromatic rings.